The number of hydrogen-bond acceptors (Lipinski definition) is 4. The zero-order valence-electron chi connectivity index (χ0n) is 14.1. The molecule has 0 radical (unpaired) electrons. The van der Waals surface area contributed by atoms with Crippen molar-refractivity contribution < 1.29 is 4.79 Å². The number of rotatable bonds is 2. The van der Waals surface area contributed by atoms with Crippen molar-refractivity contribution in [1.82, 2.24) is 15.2 Å². The number of carbonyl (C=O) groups is 1. The van der Waals surface area contributed by atoms with Gasteiger partial charge in [0.25, 0.3) is 5.91 Å². The molecule has 2 aliphatic carbocycles. The number of fused-ring (bicyclic) bond motifs is 2. The molecule has 0 fully saturated rings. The van der Waals surface area contributed by atoms with Crippen molar-refractivity contribution >= 4 is 23.0 Å². The highest BCUT2D eigenvalue weighted by molar-refractivity contribution is 7.14. The Morgan fingerprint density at radius 1 is 1.42 bits per heavy atom. The van der Waals surface area contributed by atoms with Crippen LogP contribution in [0.4, 0.5) is 0 Å². The summed E-state index contributed by atoms with van der Waals surface area (Å²) in [6.45, 7) is 2.28. The first kappa shape index (κ1) is 15.6. The zero-order chi connectivity index (χ0) is 16.7. The van der Waals surface area contributed by atoms with Crippen LogP contribution in [-0.2, 0) is 26.3 Å². The van der Waals surface area contributed by atoms with Crippen molar-refractivity contribution in [2.45, 2.75) is 45.4 Å². The van der Waals surface area contributed by atoms with Gasteiger partial charge in [-0.2, -0.15) is 10.2 Å². The van der Waals surface area contributed by atoms with E-state index in [0.717, 1.165) is 54.2 Å². The summed E-state index contributed by atoms with van der Waals surface area (Å²) in [6.07, 6.45) is 8.22. The third-order valence-corrected chi connectivity index (χ3v) is 6.28. The topological polar surface area (TPSA) is 59.3 Å². The Bertz CT molecular complexity index is 817. The number of hydrogen-bond donors (Lipinski definition) is 1. The third-order valence-electron chi connectivity index (χ3n) is 5.05. The van der Waals surface area contributed by atoms with Gasteiger partial charge >= 0.3 is 0 Å². The molecule has 0 bridgehead atoms. The summed E-state index contributed by atoms with van der Waals surface area (Å²) in [5.41, 5.74) is 7.33. The summed E-state index contributed by atoms with van der Waals surface area (Å²) in [7, 11) is 1.96. The molecule has 2 aromatic heterocycles. The average Bonchev–Trinajstić information content (AvgIpc) is 3.16. The van der Waals surface area contributed by atoms with Gasteiger partial charge in [0.2, 0.25) is 0 Å². The lowest BCUT2D eigenvalue weighted by Crippen LogP contribution is -2.21. The van der Waals surface area contributed by atoms with Gasteiger partial charge in [-0.05, 0) is 56.1 Å². The van der Waals surface area contributed by atoms with Crippen LogP contribution >= 0.6 is 11.3 Å². The highest BCUT2D eigenvalue weighted by atomic mass is 32.1. The van der Waals surface area contributed by atoms with Crippen LogP contribution in [-0.4, -0.2) is 21.4 Å². The second kappa shape index (κ2) is 6.16. The van der Waals surface area contributed by atoms with E-state index < -0.39 is 0 Å². The van der Waals surface area contributed by atoms with Crippen molar-refractivity contribution in [3.05, 3.63) is 38.8 Å². The summed E-state index contributed by atoms with van der Waals surface area (Å²) in [5, 5.41) is 8.72. The van der Waals surface area contributed by atoms with E-state index in [-0.39, 0.29) is 5.91 Å². The molecule has 2 heterocycles. The molecular weight excluding hydrogens is 320 g/mol. The molecule has 1 atom stereocenters. The largest absolute Gasteiger partial charge is 0.281 e. The van der Waals surface area contributed by atoms with E-state index in [4.69, 9.17) is 0 Å². The molecule has 0 saturated heterocycles. The molecule has 2 aromatic rings. The van der Waals surface area contributed by atoms with Crippen LogP contribution in [0.15, 0.2) is 17.4 Å². The van der Waals surface area contributed by atoms with Gasteiger partial charge in [-0.15, -0.1) is 11.3 Å². The first-order valence-corrected chi connectivity index (χ1v) is 9.43. The van der Waals surface area contributed by atoms with Gasteiger partial charge in [-0.3, -0.25) is 9.48 Å². The van der Waals surface area contributed by atoms with Crippen LogP contribution in [0.5, 0.6) is 0 Å². The smallest absolute Gasteiger partial charge is 0.272 e. The van der Waals surface area contributed by atoms with Crippen LogP contribution in [0, 0.1) is 5.92 Å². The van der Waals surface area contributed by atoms with Crippen molar-refractivity contribution in [3.8, 4) is 0 Å². The predicted octanol–water partition coefficient (Wildman–Crippen LogP) is 3.08. The number of nitrogens with zero attached hydrogens (tertiary/aromatic N) is 3. The highest BCUT2D eigenvalue weighted by Gasteiger charge is 2.22. The molecule has 126 valence electrons. The van der Waals surface area contributed by atoms with E-state index >= 15 is 0 Å². The monoisotopic (exact) mass is 342 g/mol. The Morgan fingerprint density at radius 3 is 3.17 bits per heavy atom. The minimum atomic E-state index is -0.0921. The minimum Gasteiger partial charge on any atom is -0.272 e. The molecule has 2 aliphatic rings. The molecule has 0 spiro atoms. The van der Waals surface area contributed by atoms with E-state index in [9.17, 15) is 4.79 Å². The van der Waals surface area contributed by atoms with Gasteiger partial charge in [0.15, 0.2) is 0 Å². The van der Waals surface area contributed by atoms with Crippen molar-refractivity contribution in [2.24, 2.45) is 18.1 Å². The number of carbonyl (C=O) groups excluding carboxylic acids is 1. The number of thiophene rings is 1. The van der Waals surface area contributed by atoms with E-state index in [0.29, 0.717) is 0 Å². The summed E-state index contributed by atoms with van der Waals surface area (Å²) in [5.74, 6) is 0.625. The summed E-state index contributed by atoms with van der Waals surface area (Å²) < 4.78 is 1.90. The SMILES string of the molecule is C[C@@H]1CCc2sc(C(=O)NN=C3CCCc4c3cnn4C)cc2C1. The van der Waals surface area contributed by atoms with Gasteiger partial charge in [0.1, 0.15) is 0 Å². The van der Waals surface area contributed by atoms with Gasteiger partial charge < -0.3 is 0 Å². The number of aryl methyl sites for hydroxylation is 2. The lowest BCUT2D eigenvalue weighted by molar-refractivity contribution is 0.0958. The van der Waals surface area contributed by atoms with Gasteiger partial charge in [-0.1, -0.05) is 6.92 Å². The van der Waals surface area contributed by atoms with Gasteiger partial charge in [-0.25, -0.2) is 5.43 Å². The minimum absolute atomic E-state index is 0.0921. The second-order valence-electron chi connectivity index (χ2n) is 6.89. The van der Waals surface area contributed by atoms with Crippen LogP contribution in [0.3, 0.4) is 0 Å². The maximum Gasteiger partial charge on any atom is 0.281 e. The fraction of sp³-hybridized carbons (Fsp3) is 0.500. The second-order valence-corrected chi connectivity index (χ2v) is 8.03. The summed E-state index contributed by atoms with van der Waals surface area (Å²) in [6, 6.07) is 2.06. The molecule has 6 heteroatoms. The normalized spacial score (nSPS) is 21.4. The third kappa shape index (κ3) is 2.79. The van der Waals surface area contributed by atoms with E-state index in [1.54, 1.807) is 11.3 Å². The van der Waals surface area contributed by atoms with E-state index in [1.807, 2.05) is 17.9 Å². The highest BCUT2D eigenvalue weighted by Crippen LogP contribution is 2.32. The molecule has 4 rings (SSSR count). The van der Waals surface area contributed by atoms with Crippen LogP contribution < -0.4 is 5.43 Å². The van der Waals surface area contributed by atoms with E-state index in [1.165, 1.54) is 22.6 Å². The molecule has 0 unspecified atom stereocenters. The summed E-state index contributed by atoms with van der Waals surface area (Å²) in [4.78, 5) is 14.6. The number of amides is 1. The van der Waals surface area contributed by atoms with E-state index in [2.05, 4.69) is 28.6 Å². The van der Waals surface area contributed by atoms with Crippen molar-refractivity contribution in [1.29, 1.82) is 0 Å². The molecule has 5 nitrogen and oxygen atoms in total. The number of aromatic nitrogens is 2. The lowest BCUT2D eigenvalue weighted by atomic mass is 9.90. The predicted molar refractivity (Wildman–Crippen MR) is 95.7 cm³/mol. The standard InChI is InChI=1S/C18H22N4OS/c1-11-6-7-16-12(8-11)9-17(24-16)18(23)21-20-14-4-3-5-15-13(14)10-19-22(15)2/h9-11H,3-8H2,1-2H3,(H,21,23)/t11-/m1/s1. The molecule has 1 N–H and O–H groups in total. The molecule has 0 aromatic carbocycles. The molecule has 24 heavy (non-hydrogen) atoms. The molecule has 0 aliphatic heterocycles. The quantitative estimate of drug-likeness (QED) is 0.853. The van der Waals surface area contributed by atoms with Crippen molar-refractivity contribution in [2.75, 3.05) is 0 Å². The van der Waals surface area contributed by atoms with Crippen molar-refractivity contribution in [3.63, 3.8) is 0 Å². The van der Waals surface area contributed by atoms with Gasteiger partial charge in [0, 0.05) is 23.2 Å². The van der Waals surface area contributed by atoms with Gasteiger partial charge in [0.05, 0.1) is 16.8 Å². The Labute approximate surface area is 145 Å². The van der Waals surface area contributed by atoms with Crippen LogP contribution in [0.2, 0.25) is 0 Å². The fourth-order valence-corrected chi connectivity index (χ4v) is 4.76. The fourth-order valence-electron chi connectivity index (χ4n) is 3.67. The first-order valence-electron chi connectivity index (χ1n) is 8.61. The Morgan fingerprint density at radius 2 is 2.29 bits per heavy atom. The summed E-state index contributed by atoms with van der Waals surface area (Å²) >= 11 is 1.62. The van der Waals surface area contributed by atoms with Crippen LogP contribution in [0.1, 0.15) is 57.6 Å². The Hall–Kier alpha value is -1.95. The maximum absolute atomic E-state index is 12.5. The number of hydrazone groups is 1. The Balaban J connectivity index is 1.51. The maximum atomic E-state index is 12.5. The Kier molecular flexibility index (Phi) is 4.00. The molecular formula is C18H22N4OS. The zero-order valence-corrected chi connectivity index (χ0v) is 14.9. The average molecular weight is 342 g/mol. The molecule has 0 saturated carbocycles. The van der Waals surface area contributed by atoms with Crippen LogP contribution in [0.25, 0.3) is 0 Å². The lowest BCUT2D eigenvalue weighted by Gasteiger charge is -2.16. The number of nitrogens with one attached hydrogen (secondary N) is 1. The molecule has 1 amide bonds. The first-order chi connectivity index (χ1) is 11.6.